The third kappa shape index (κ3) is 4.52. The topological polar surface area (TPSA) is 97.7 Å². The Labute approximate surface area is 183 Å². The predicted octanol–water partition coefficient (Wildman–Crippen LogP) is 4.50. The molecular weight excluding hydrogens is 443 g/mol. The molecule has 4 aromatic rings. The number of thiazole rings is 1. The second kappa shape index (κ2) is 8.63. The maximum Gasteiger partial charge on any atom is 0.417 e. The van der Waals surface area contributed by atoms with Crippen molar-refractivity contribution in [2.24, 2.45) is 0 Å². The molecule has 11 heteroatoms. The zero-order chi connectivity index (χ0) is 22.7. The van der Waals surface area contributed by atoms with Gasteiger partial charge in [-0.1, -0.05) is 18.2 Å². The Morgan fingerprint density at radius 1 is 0.906 bits per heavy atom. The summed E-state index contributed by atoms with van der Waals surface area (Å²) in [4.78, 5) is 32.6. The lowest BCUT2D eigenvalue weighted by Crippen LogP contribution is -2.14. The molecule has 3 aromatic heterocycles. The summed E-state index contributed by atoms with van der Waals surface area (Å²) in [5.74, 6) is -1.31. The molecule has 160 valence electrons. The Morgan fingerprint density at radius 2 is 1.69 bits per heavy atom. The Bertz CT molecular complexity index is 1260. The summed E-state index contributed by atoms with van der Waals surface area (Å²) in [6.45, 7) is 0. The standard InChI is InChI=1S/C21H12F3N5O2S/c22-21(23,24)14-4-2-1-3-13(14)18(30)16-6-5-12(11-26-16)15-7-8-17(29-28-15)19(31)27-20-25-9-10-32-20/h1-11H,(H,25,27,31). The summed E-state index contributed by atoms with van der Waals surface area (Å²) in [6, 6.07) is 10.4. The molecule has 32 heavy (non-hydrogen) atoms. The molecular formula is C21H12F3N5O2S. The molecule has 0 saturated carbocycles. The highest BCUT2D eigenvalue weighted by Crippen LogP contribution is 2.32. The van der Waals surface area contributed by atoms with Crippen LogP contribution in [0.15, 0.2) is 66.3 Å². The van der Waals surface area contributed by atoms with E-state index in [1.807, 2.05) is 0 Å². The van der Waals surface area contributed by atoms with Gasteiger partial charge in [-0.25, -0.2) is 4.98 Å². The van der Waals surface area contributed by atoms with Gasteiger partial charge < -0.3 is 0 Å². The van der Waals surface area contributed by atoms with Crippen molar-refractivity contribution in [2.75, 3.05) is 5.32 Å². The number of aromatic nitrogens is 4. The van der Waals surface area contributed by atoms with Gasteiger partial charge in [0.05, 0.1) is 11.3 Å². The minimum absolute atomic E-state index is 0.0764. The van der Waals surface area contributed by atoms with E-state index < -0.39 is 29.0 Å². The molecule has 0 aliphatic carbocycles. The number of carbonyl (C=O) groups excluding carboxylic acids is 2. The number of halogens is 3. The molecule has 7 nitrogen and oxygen atoms in total. The van der Waals surface area contributed by atoms with E-state index in [0.717, 1.165) is 12.1 Å². The number of carbonyl (C=O) groups is 2. The molecule has 0 bridgehead atoms. The Morgan fingerprint density at radius 3 is 2.31 bits per heavy atom. The van der Waals surface area contributed by atoms with E-state index in [2.05, 4.69) is 25.5 Å². The SMILES string of the molecule is O=C(Nc1nccs1)c1ccc(-c2ccc(C(=O)c3ccccc3C(F)(F)F)nc2)nn1. The van der Waals surface area contributed by atoms with Crippen LogP contribution in [0, 0.1) is 0 Å². The minimum Gasteiger partial charge on any atom is -0.296 e. The highest BCUT2D eigenvalue weighted by Gasteiger charge is 2.35. The summed E-state index contributed by atoms with van der Waals surface area (Å²) in [5, 5.41) is 12.6. The van der Waals surface area contributed by atoms with Gasteiger partial charge in [0.1, 0.15) is 5.69 Å². The van der Waals surface area contributed by atoms with Crippen LogP contribution in [0.2, 0.25) is 0 Å². The van der Waals surface area contributed by atoms with Gasteiger partial charge in [-0.2, -0.15) is 13.2 Å². The first-order chi connectivity index (χ1) is 15.3. The minimum atomic E-state index is -4.66. The number of hydrogen-bond acceptors (Lipinski definition) is 7. The Balaban J connectivity index is 1.52. The van der Waals surface area contributed by atoms with E-state index in [0.29, 0.717) is 16.4 Å². The van der Waals surface area contributed by atoms with E-state index in [1.54, 1.807) is 17.6 Å². The van der Waals surface area contributed by atoms with Gasteiger partial charge in [0.25, 0.3) is 5.91 Å². The fraction of sp³-hybridized carbons (Fsp3) is 0.0476. The number of anilines is 1. The van der Waals surface area contributed by atoms with Crippen LogP contribution >= 0.6 is 11.3 Å². The van der Waals surface area contributed by atoms with Gasteiger partial charge >= 0.3 is 6.18 Å². The Hall–Kier alpha value is -3.99. The molecule has 0 radical (unpaired) electrons. The van der Waals surface area contributed by atoms with Crippen LogP contribution in [-0.2, 0) is 6.18 Å². The van der Waals surface area contributed by atoms with Crippen molar-refractivity contribution in [3.8, 4) is 11.3 Å². The maximum absolute atomic E-state index is 13.2. The lowest BCUT2D eigenvalue weighted by molar-refractivity contribution is -0.137. The zero-order valence-corrected chi connectivity index (χ0v) is 16.8. The lowest BCUT2D eigenvalue weighted by atomic mass is 10.0. The van der Waals surface area contributed by atoms with Crippen molar-refractivity contribution in [1.82, 2.24) is 20.2 Å². The van der Waals surface area contributed by atoms with Crippen LogP contribution in [0.5, 0.6) is 0 Å². The Kier molecular flexibility index (Phi) is 5.73. The molecule has 0 spiro atoms. The number of nitrogens with one attached hydrogen (secondary N) is 1. The molecule has 1 N–H and O–H groups in total. The fourth-order valence-corrected chi connectivity index (χ4v) is 3.32. The number of alkyl halides is 3. The van der Waals surface area contributed by atoms with Crippen LogP contribution in [0.4, 0.5) is 18.3 Å². The average molecular weight is 455 g/mol. The van der Waals surface area contributed by atoms with Crippen LogP contribution in [0.1, 0.15) is 32.1 Å². The smallest absolute Gasteiger partial charge is 0.296 e. The van der Waals surface area contributed by atoms with Crippen LogP contribution in [-0.4, -0.2) is 31.9 Å². The predicted molar refractivity (Wildman–Crippen MR) is 110 cm³/mol. The molecule has 0 unspecified atom stereocenters. The lowest BCUT2D eigenvalue weighted by Gasteiger charge is -2.11. The fourth-order valence-electron chi connectivity index (χ4n) is 2.80. The van der Waals surface area contributed by atoms with E-state index in [9.17, 15) is 22.8 Å². The van der Waals surface area contributed by atoms with E-state index >= 15 is 0 Å². The third-order valence-corrected chi connectivity index (χ3v) is 5.01. The van der Waals surface area contributed by atoms with Gasteiger partial charge in [-0.15, -0.1) is 21.5 Å². The summed E-state index contributed by atoms with van der Waals surface area (Å²) in [6.07, 6.45) is -1.80. The average Bonchev–Trinajstić information content (AvgIpc) is 3.31. The molecule has 0 saturated heterocycles. The second-order valence-electron chi connectivity index (χ2n) is 6.40. The summed E-state index contributed by atoms with van der Waals surface area (Å²) < 4.78 is 39.6. The van der Waals surface area contributed by atoms with Gasteiger partial charge in [0, 0.05) is 28.9 Å². The molecule has 0 aliphatic heterocycles. The zero-order valence-electron chi connectivity index (χ0n) is 16.0. The van der Waals surface area contributed by atoms with Crippen molar-refractivity contribution >= 4 is 28.2 Å². The number of amides is 1. The summed E-state index contributed by atoms with van der Waals surface area (Å²) >= 11 is 1.26. The molecule has 0 aliphatic rings. The number of pyridine rings is 1. The highest BCUT2D eigenvalue weighted by molar-refractivity contribution is 7.13. The van der Waals surface area contributed by atoms with Gasteiger partial charge in [0.2, 0.25) is 5.78 Å². The molecule has 3 heterocycles. The molecule has 1 amide bonds. The van der Waals surface area contributed by atoms with Crippen LogP contribution < -0.4 is 5.32 Å². The normalized spacial score (nSPS) is 11.2. The number of hydrogen-bond donors (Lipinski definition) is 1. The quantitative estimate of drug-likeness (QED) is 0.445. The maximum atomic E-state index is 13.2. The van der Waals surface area contributed by atoms with Crippen LogP contribution in [0.3, 0.4) is 0 Å². The molecule has 0 fully saturated rings. The van der Waals surface area contributed by atoms with Crippen molar-refractivity contribution in [1.29, 1.82) is 0 Å². The largest absolute Gasteiger partial charge is 0.417 e. The number of rotatable bonds is 5. The highest BCUT2D eigenvalue weighted by atomic mass is 32.1. The van der Waals surface area contributed by atoms with Crippen molar-refractivity contribution in [3.05, 3.63) is 88.8 Å². The first-order valence-electron chi connectivity index (χ1n) is 9.05. The monoisotopic (exact) mass is 455 g/mol. The summed E-state index contributed by atoms with van der Waals surface area (Å²) in [7, 11) is 0. The molecule has 4 rings (SSSR count). The number of ketones is 1. The second-order valence-corrected chi connectivity index (χ2v) is 7.29. The molecule has 0 atom stereocenters. The number of benzene rings is 1. The van der Waals surface area contributed by atoms with Crippen LogP contribution in [0.25, 0.3) is 11.3 Å². The van der Waals surface area contributed by atoms with Crippen molar-refractivity contribution in [3.63, 3.8) is 0 Å². The van der Waals surface area contributed by atoms with E-state index in [-0.39, 0.29) is 11.4 Å². The first kappa shape index (κ1) is 21.2. The van der Waals surface area contributed by atoms with Crippen molar-refractivity contribution < 1.29 is 22.8 Å². The van der Waals surface area contributed by atoms with Gasteiger partial charge in [0.15, 0.2) is 10.8 Å². The number of nitrogens with zero attached hydrogens (tertiary/aromatic N) is 4. The molecule has 1 aromatic carbocycles. The van der Waals surface area contributed by atoms with Crippen molar-refractivity contribution in [2.45, 2.75) is 6.18 Å². The first-order valence-corrected chi connectivity index (χ1v) is 9.93. The van der Waals surface area contributed by atoms with E-state index in [1.165, 1.54) is 47.9 Å². The third-order valence-electron chi connectivity index (χ3n) is 4.32. The van der Waals surface area contributed by atoms with Gasteiger partial charge in [-0.3, -0.25) is 19.9 Å². The van der Waals surface area contributed by atoms with E-state index in [4.69, 9.17) is 0 Å². The van der Waals surface area contributed by atoms with Gasteiger partial charge in [-0.05, 0) is 30.3 Å². The summed E-state index contributed by atoms with van der Waals surface area (Å²) in [5.41, 5.74) is -0.711.